The summed E-state index contributed by atoms with van der Waals surface area (Å²) >= 11 is 0. The first-order valence-electron chi connectivity index (χ1n) is 12.9. The molecule has 0 aliphatic carbocycles. The lowest BCUT2D eigenvalue weighted by Gasteiger charge is -2.42. The van der Waals surface area contributed by atoms with Crippen LogP contribution >= 0.6 is 0 Å². The molecule has 2 aromatic rings. The van der Waals surface area contributed by atoms with Gasteiger partial charge < -0.3 is 20.6 Å². The van der Waals surface area contributed by atoms with Gasteiger partial charge in [0.1, 0.15) is 0 Å². The molecule has 11 heteroatoms. The number of nitrogens with one attached hydrogen (secondary N) is 2. The lowest BCUT2D eigenvalue weighted by Crippen LogP contribution is -2.57. The van der Waals surface area contributed by atoms with Crippen LogP contribution in [-0.2, 0) is 22.7 Å². The number of hydrogen-bond acceptors (Lipinski definition) is 4. The van der Waals surface area contributed by atoms with E-state index in [1.165, 1.54) is 11.1 Å². The van der Waals surface area contributed by atoms with Crippen LogP contribution in [-0.4, -0.2) is 70.7 Å². The summed E-state index contributed by atoms with van der Waals surface area (Å²) in [6.07, 6.45) is -3.42. The molecule has 0 saturated carbocycles. The zero-order chi connectivity index (χ0) is 28.2. The van der Waals surface area contributed by atoms with Crippen molar-refractivity contribution < 1.29 is 32.7 Å². The lowest BCUT2D eigenvalue weighted by molar-refractivity contribution is -0.192. The minimum atomic E-state index is -5.08. The van der Waals surface area contributed by atoms with Gasteiger partial charge in [-0.25, -0.2) is 9.59 Å². The van der Waals surface area contributed by atoms with Crippen molar-refractivity contribution in [1.29, 1.82) is 0 Å². The number of alkyl halides is 3. The Balaban J connectivity index is 0.000000448. The van der Waals surface area contributed by atoms with E-state index in [2.05, 4.69) is 71.0 Å². The highest BCUT2D eigenvalue weighted by atomic mass is 19.4. The Bertz CT molecular complexity index is 1170. The van der Waals surface area contributed by atoms with Crippen LogP contribution in [0.3, 0.4) is 0 Å². The molecular formula is C28H33F3N4O4. The van der Waals surface area contributed by atoms with Gasteiger partial charge in [-0.2, -0.15) is 13.2 Å². The Hall–Kier alpha value is -3.60. The molecule has 8 nitrogen and oxygen atoms in total. The number of carboxylic acid groups (broad SMARTS) is 1. The van der Waals surface area contributed by atoms with Crippen molar-refractivity contribution in [2.75, 3.05) is 26.2 Å². The number of aryl methyl sites for hydroxylation is 1. The van der Waals surface area contributed by atoms with E-state index < -0.39 is 12.1 Å². The fourth-order valence-corrected chi connectivity index (χ4v) is 5.71. The number of hydrogen-bond donors (Lipinski definition) is 3. The molecule has 0 radical (unpaired) electrons. The average Bonchev–Trinajstić information content (AvgIpc) is 3.43. The van der Waals surface area contributed by atoms with Crippen molar-refractivity contribution in [1.82, 2.24) is 20.4 Å². The summed E-state index contributed by atoms with van der Waals surface area (Å²) in [4.78, 5) is 38.7. The molecular weight excluding hydrogens is 513 g/mol. The van der Waals surface area contributed by atoms with Gasteiger partial charge in [-0.1, -0.05) is 60.2 Å². The Morgan fingerprint density at radius 1 is 1.03 bits per heavy atom. The SMILES string of the molecule is Cc1ccc(CNC(=O)N2CCC3(CC2)NC(=O)[C@@H]2CN(Cc4ccccc4)C[C@@H]23)cc1.O=C(O)C(F)(F)F. The predicted molar refractivity (Wildman–Crippen MR) is 137 cm³/mol. The second-order valence-electron chi connectivity index (χ2n) is 10.5. The predicted octanol–water partition coefficient (Wildman–Crippen LogP) is 3.55. The molecule has 2 aromatic carbocycles. The molecule has 3 aliphatic heterocycles. The molecule has 3 fully saturated rings. The van der Waals surface area contributed by atoms with Crippen molar-refractivity contribution in [3.63, 3.8) is 0 Å². The maximum Gasteiger partial charge on any atom is 0.490 e. The third-order valence-electron chi connectivity index (χ3n) is 7.81. The molecule has 3 N–H and O–H groups in total. The van der Waals surface area contributed by atoms with Crippen LogP contribution in [0.1, 0.15) is 29.5 Å². The van der Waals surface area contributed by atoms with E-state index in [-0.39, 0.29) is 23.4 Å². The van der Waals surface area contributed by atoms with E-state index in [9.17, 15) is 22.8 Å². The van der Waals surface area contributed by atoms with E-state index in [1.54, 1.807) is 0 Å². The number of rotatable bonds is 4. The van der Waals surface area contributed by atoms with Gasteiger partial charge >= 0.3 is 18.2 Å². The van der Waals surface area contributed by atoms with E-state index in [0.717, 1.165) is 38.0 Å². The number of carbonyl (C=O) groups excluding carboxylic acids is 2. The highest BCUT2D eigenvalue weighted by Gasteiger charge is 2.57. The highest BCUT2D eigenvalue weighted by Crippen LogP contribution is 2.44. The van der Waals surface area contributed by atoms with E-state index in [1.807, 2.05) is 11.0 Å². The monoisotopic (exact) mass is 546 g/mol. The smallest absolute Gasteiger partial charge is 0.475 e. The number of carboxylic acids is 1. The number of benzene rings is 2. The van der Waals surface area contributed by atoms with Gasteiger partial charge in [-0.15, -0.1) is 0 Å². The molecule has 3 aliphatic rings. The summed E-state index contributed by atoms with van der Waals surface area (Å²) in [5.74, 6) is -2.16. The van der Waals surface area contributed by atoms with Gasteiger partial charge in [0, 0.05) is 50.7 Å². The molecule has 0 bridgehead atoms. The van der Waals surface area contributed by atoms with Crippen LogP contribution in [0.25, 0.3) is 0 Å². The van der Waals surface area contributed by atoms with Crippen molar-refractivity contribution in [2.24, 2.45) is 11.8 Å². The third kappa shape index (κ3) is 6.89. The fraction of sp³-hybridized carbons (Fsp3) is 0.464. The van der Waals surface area contributed by atoms with Crippen LogP contribution in [0.2, 0.25) is 0 Å². The van der Waals surface area contributed by atoms with Gasteiger partial charge in [0.05, 0.1) is 5.92 Å². The molecule has 3 amide bonds. The summed E-state index contributed by atoms with van der Waals surface area (Å²) in [5, 5.41) is 13.5. The van der Waals surface area contributed by atoms with Crippen molar-refractivity contribution in [2.45, 2.75) is 44.6 Å². The summed E-state index contributed by atoms with van der Waals surface area (Å²) in [6, 6.07) is 18.7. The van der Waals surface area contributed by atoms with Gasteiger partial charge in [-0.3, -0.25) is 9.69 Å². The second kappa shape index (κ2) is 11.6. The quantitative estimate of drug-likeness (QED) is 0.545. The first-order chi connectivity index (χ1) is 18.5. The molecule has 1 spiro atoms. The number of fused-ring (bicyclic) bond motifs is 2. The number of amides is 3. The van der Waals surface area contributed by atoms with Gasteiger partial charge in [0.2, 0.25) is 5.91 Å². The maximum absolute atomic E-state index is 12.8. The minimum absolute atomic E-state index is 0.0153. The number of urea groups is 1. The van der Waals surface area contributed by atoms with Crippen LogP contribution in [0, 0.1) is 18.8 Å². The Labute approximate surface area is 225 Å². The second-order valence-corrected chi connectivity index (χ2v) is 10.5. The number of likely N-dealkylation sites (tertiary alicyclic amines) is 2. The zero-order valence-corrected chi connectivity index (χ0v) is 21.7. The first-order valence-corrected chi connectivity index (χ1v) is 12.9. The number of aliphatic carboxylic acids is 1. The number of carbonyl (C=O) groups is 3. The van der Waals surface area contributed by atoms with E-state index in [4.69, 9.17) is 9.90 Å². The summed E-state index contributed by atoms with van der Waals surface area (Å²) < 4.78 is 31.7. The largest absolute Gasteiger partial charge is 0.490 e. The average molecular weight is 547 g/mol. The first kappa shape index (κ1) is 28.4. The molecule has 0 unspecified atom stereocenters. The van der Waals surface area contributed by atoms with Crippen molar-refractivity contribution in [3.05, 3.63) is 71.3 Å². The Kier molecular flexibility index (Phi) is 8.48. The molecule has 3 heterocycles. The summed E-state index contributed by atoms with van der Waals surface area (Å²) in [6.45, 7) is 6.63. The normalized spacial score (nSPS) is 22.1. The van der Waals surface area contributed by atoms with Gasteiger partial charge in [-0.05, 0) is 30.9 Å². The standard InChI is InChI=1S/C26H32N4O2.C2HF3O2/c1-19-7-9-20(10-8-19)15-27-25(32)30-13-11-26(12-14-30)23-18-29(17-22(23)24(31)28-26)16-21-5-3-2-4-6-21;3-2(4,5)1(6)7/h2-10,22-23H,11-18H2,1H3,(H,27,32)(H,28,31);(H,6,7)/t22-,23+;/m1./s1. The van der Waals surface area contributed by atoms with Gasteiger partial charge in [0.15, 0.2) is 0 Å². The van der Waals surface area contributed by atoms with Gasteiger partial charge in [0.25, 0.3) is 0 Å². The van der Waals surface area contributed by atoms with Crippen LogP contribution in [0.15, 0.2) is 54.6 Å². The summed E-state index contributed by atoms with van der Waals surface area (Å²) in [5.41, 5.74) is 3.45. The lowest BCUT2D eigenvalue weighted by atomic mass is 9.75. The molecule has 39 heavy (non-hydrogen) atoms. The molecule has 5 rings (SSSR count). The number of nitrogens with zero attached hydrogens (tertiary/aromatic N) is 2. The molecule has 0 aromatic heterocycles. The van der Waals surface area contributed by atoms with E-state index in [0.29, 0.717) is 25.6 Å². The van der Waals surface area contributed by atoms with Crippen molar-refractivity contribution >= 4 is 17.9 Å². The minimum Gasteiger partial charge on any atom is -0.475 e. The maximum atomic E-state index is 12.8. The number of halogens is 3. The Morgan fingerprint density at radius 2 is 1.64 bits per heavy atom. The molecule has 210 valence electrons. The summed E-state index contributed by atoms with van der Waals surface area (Å²) in [7, 11) is 0. The Morgan fingerprint density at radius 3 is 2.23 bits per heavy atom. The number of piperidine rings is 1. The zero-order valence-electron chi connectivity index (χ0n) is 21.7. The fourth-order valence-electron chi connectivity index (χ4n) is 5.71. The van der Waals surface area contributed by atoms with Crippen molar-refractivity contribution in [3.8, 4) is 0 Å². The van der Waals surface area contributed by atoms with Crippen LogP contribution in [0.4, 0.5) is 18.0 Å². The third-order valence-corrected chi connectivity index (χ3v) is 7.81. The van der Waals surface area contributed by atoms with Crippen LogP contribution in [0.5, 0.6) is 0 Å². The molecule has 3 saturated heterocycles. The van der Waals surface area contributed by atoms with E-state index >= 15 is 0 Å². The van der Waals surface area contributed by atoms with Crippen LogP contribution < -0.4 is 10.6 Å². The topological polar surface area (TPSA) is 102 Å². The highest BCUT2D eigenvalue weighted by molar-refractivity contribution is 5.84. The molecule has 2 atom stereocenters.